The molecular formula is C34H46O10. The normalized spacial score (nSPS) is 10.6. The lowest BCUT2D eigenvalue weighted by atomic mass is 10.2. The summed E-state index contributed by atoms with van der Waals surface area (Å²) in [5.74, 6) is 0.646. The van der Waals surface area contributed by atoms with Gasteiger partial charge in [-0.2, -0.15) is 0 Å². The maximum atomic E-state index is 12.3. The van der Waals surface area contributed by atoms with Crippen LogP contribution in [-0.4, -0.2) is 58.2 Å². The molecule has 2 aromatic carbocycles. The van der Waals surface area contributed by atoms with E-state index in [0.717, 1.165) is 68.8 Å². The molecule has 2 aromatic rings. The molecule has 10 nitrogen and oxygen atoms in total. The van der Waals surface area contributed by atoms with Crippen LogP contribution in [0.25, 0.3) is 0 Å². The summed E-state index contributed by atoms with van der Waals surface area (Å²) in [6, 6.07) is 14.4. The van der Waals surface area contributed by atoms with Crippen LogP contribution in [0.2, 0.25) is 0 Å². The van der Waals surface area contributed by atoms with Crippen LogP contribution in [-0.2, 0) is 40.4 Å². The molecule has 0 unspecified atom stereocenters. The highest BCUT2D eigenvalue weighted by Gasteiger charge is 2.08. The summed E-state index contributed by atoms with van der Waals surface area (Å²) in [5.41, 5.74) is 1.36. The standard InChI is InChI=1S/C34H46O10/c1-3-21-41-42-25-12-8-7-10-22-37-31-17-13-29(14-18-31)28-44-43-27-26-40-34(36)30-15-19-32(20-16-30)38-23-9-5-6-11-24-39-33(35)4-2/h3-4,13-20H,1-2,5-12,21-28H2. The van der Waals surface area contributed by atoms with E-state index in [0.29, 0.717) is 44.3 Å². The maximum absolute atomic E-state index is 12.3. The predicted molar refractivity (Wildman–Crippen MR) is 165 cm³/mol. The number of esters is 2. The van der Waals surface area contributed by atoms with Crippen LogP contribution in [0.3, 0.4) is 0 Å². The maximum Gasteiger partial charge on any atom is 0.338 e. The van der Waals surface area contributed by atoms with E-state index in [1.807, 2.05) is 24.3 Å². The molecule has 0 atom stereocenters. The van der Waals surface area contributed by atoms with Crippen molar-refractivity contribution in [2.24, 2.45) is 0 Å². The first-order chi connectivity index (χ1) is 21.6. The van der Waals surface area contributed by atoms with Gasteiger partial charge in [-0.15, -0.1) is 6.58 Å². The van der Waals surface area contributed by atoms with Crippen LogP contribution in [0.5, 0.6) is 11.5 Å². The first-order valence-electron chi connectivity index (χ1n) is 15.1. The van der Waals surface area contributed by atoms with E-state index in [-0.39, 0.29) is 19.8 Å². The number of ether oxygens (including phenoxy) is 4. The lowest BCUT2D eigenvalue weighted by Gasteiger charge is -2.09. The van der Waals surface area contributed by atoms with Crippen molar-refractivity contribution in [3.63, 3.8) is 0 Å². The Kier molecular flexibility index (Phi) is 20.5. The van der Waals surface area contributed by atoms with Crippen LogP contribution in [0.4, 0.5) is 0 Å². The zero-order valence-corrected chi connectivity index (χ0v) is 25.6. The third kappa shape index (κ3) is 18.1. The first-order valence-corrected chi connectivity index (χ1v) is 15.1. The van der Waals surface area contributed by atoms with Gasteiger partial charge in [0.15, 0.2) is 0 Å². The quantitative estimate of drug-likeness (QED) is 0.0268. The van der Waals surface area contributed by atoms with Gasteiger partial charge in [-0.25, -0.2) is 29.1 Å². The summed E-state index contributed by atoms with van der Waals surface area (Å²) in [6.45, 7) is 9.97. The Hall–Kier alpha value is -3.70. The third-order valence-electron chi connectivity index (χ3n) is 6.10. The molecule has 0 N–H and O–H groups in total. The Morgan fingerprint density at radius 3 is 1.75 bits per heavy atom. The van der Waals surface area contributed by atoms with E-state index in [1.165, 1.54) is 0 Å². The highest BCUT2D eigenvalue weighted by Crippen LogP contribution is 2.15. The zero-order chi connectivity index (χ0) is 31.5. The van der Waals surface area contributed by atoms with Gasteiger partial charge in [-0.1, -0.05) is 31.2 Å². The lowest BCUT2D eigenvalue weighted by molar-refractivity contribution is -0.306. The fourth-order valence-electron chi connectivity index (χ4n) is 3.73. The van der Waals surface area contributed by atoms with Crippen LogP contribution in [0.15, 0.2) is 73.8 Å². The molecular weight excluding hydrogens is 568 g/mol. The number of unbranched alkanes of at least 4 members (excludes halogenated alkanes) is 6. The van der Waals surface area contributed by atoms with Crippen molar-refractivity contribution in [3.05, 3.63) is 85.0 Å². The SMILES string of the molecule is C=CCOOCCCCCCOc1ccc(COOCCOC(=O)c2ccc(OCCCCCCOC(=O)C=C)cc2)cc1. The summed E-state index contributed by atoms with van der Waals surface area (Å²) in [7, 11) is 0. The van der Waals surface area contributed by atoms with Crippen LogP contribution in [0.1, 0.15) is 67.3 Å². The molecule has 0 fully saturated rings. The molecule has 2 rings (SSSR count). The highest BCUT2D eigenvalue weighted by molar-refractivity contribution is 5.89. The van der Waals surface area contributed by atoms with E-state index in [1.54, 1.807) is 30.3 Å². The number of rotatable bonds is 27. The van der Waals surface area contributed by atoms with Gasteiger partial charge in [0.25, 0.3) is 0 Å². The molecule has 0 bridgehead atoms. The molecule has 0 amide bonds. The van der Waals surface area contributed by atoms with E-state index in [4.69, 9.17) is 38.5 Å². The number of hydrogen-bond donors (Lipinski definition) is 0. The minimum atomic E-state index is -0.448. The lowest BCUT2D eigenvalue weighted by Crippen LogP contribution is -2.11. The van der Waals surface area contributed by atoms with Crippen molar-refractivity contribution in [2.45, 2.75) is 58.0 Å². The molecule has 0 spiro atoms. The van der Waals surface area contributed by atoms with Crippen molar-refractivity contribution >= 4 is 11.9 Å². The van der Waals surface area contributed by atoms with E-state index in [2.05, 4.69) is 13.2 Å². The first kappa shape index (κ1) is 36.5. The van der Waals surface area contributed by atoms with Crippen molar-refractivity contribution < 1.29 is 48.1 Å². The highest BCUT2D eigenvalue weighted by atomic mass is 17.2. The molecule has 0 aliphatic heterocycles. The van der Waals surface area contributed by atoms with Gasteiger partial charge in [-0.3, -0.25) is 0 Å². The molecule has 0 heterocycles. The Morgan fingerprint density at radius 2 is 1.14 bits per heavy atom. The summed E-state index contributed by atoms with van der Waals surface area (Å²) >= 11 is 0. The van der Waals surface area contributed by atoms with Gasteiger partial charge < -0.3 is 18.9 Å². The van der Waals surface area contributed by atoms with Crippen molar-refractivity contribution in [1.82, 2.24) is 0 Å². The van der Waals surface area contributed by atoms with Crippen LogP contribution < -0.4 is 9.47 Å². The molecule has 0 aliphatic rings. The van der Waals surface area contributed by atoms with E-state index >= 15 is 0 Å². The van der Waals surface area contributed by atoms with Crippen molar-refractivity contribution in [2.75, 3.05) is 46.2 Å². The van der Waals surface area contributed by atoms with Gasteiger partial charge in [0.05, 0.1) is 32.0 Å². The molecule has 0 saturated carbocycles. The number of hydrogen-bond acceptors (Lipinski definition) is 10. The Bertz CT molecular complexity index is 1050. The minimum Gasteiger partial charge on any atom is -0.494 e. The Labute approximate surface area is 260 Å². The average molecular weight is 615 g/mol. The second-order valence-electron chi connectivity index (χ2n) is 9.68. The van der Waals surface area contributed by atoms with Crippen molar-refractivity contribution in [3.8, 4) is 11.5 Å². The van der Waals surface area contributed by atoms with Gasteiger partial charge in [0.1, 0.15) is 37.9 Å². The molecule has 0 aliphatic carbocycles. The topological polar surface area (TPSA) is 108 Å². The van der Waals surface area contributed by atoms with Gasteiger partial charge in [0.2, 0.25) is 0 Å². The second-order valence-corrected chi connectivity index (χ2v) is 9.68. The summed E-state index contributed by atoms with van der Waals surface area (Å²) in [6.07, 6.45) is 10.5. The van der Waals surface area contributed by atoms with Gasteiger partial charge in [-0.05, 0) is 86.9 Å². The smallest absolute Gasteiger partial charge is 0.338 e. The summed E-state index contributed by atoms with van der Waals surface area (Å²) in [4.78, 5) is 43.5. The monoisotopic (exact) mass is 614 g/mol. The molecule has 0 aromatic heterocycles. The van der Waals surface area contributed by atoms with Crippen LogP contribution in [0, 0.1) is 0 Å². The fourth-order valence-corrected chi connectivity index (χ4v) is 3.73. The van der Waals surface area contributed by atoms with E-state index < -0.39 is 11.9 Å². The Morgan fingerprint density at radius 1 is 0.568 bits per heavy atom. The molecule has 44 heavy (non-hydrogen) atoms. The average Bonchev–Trinajstić information content (AvgIpc) is 3.05. The van der Waals surface area contributed by atoms with Crippen molar-refractivity contribution in [1.29, 1.82) is 0 Å². The zero-order valence-electron chi connectivity index (χ0n) is 25.6. The number of carbonyl (C=O) groups is 2. The second kappa shape index (κ2) is 24.7. The molecule has 0 saturated heterocycles. The van der Waals surface area contributed by atoms with E-state index in [9.17, 15) is 9.59 Å². The fraction of sp³-hybridized carbons (Fsp3) is 0.471. The van der Waals surface area contributed by atoms with Crippen LogP contribution >= 0.6 is 0 Å². The minimum absolute atomic E-state index is 0.0623. The number of carbonyl (C=O) groups excluding carboxylic acids is 2. The molecule has 10 heteroatoms. The van der Waals surface area contributed by atoms with Gasteiger partial charge >= 0.3 is 11.9 Å². The third-order valence-corrected chi connectivity index (χ3v) is 6.10. The number of benzene rings is 2. The van der Waals surface area contributed by atoms with Gasteiger partial charge in [0, 0.05) is 6.08 Å². The summed E-state index contributed by atoms with van der Waals surface area (Å²) in [5, 5.41) is 0. The summed E-state index contributed by atoms with van der Waals surface area (Å²) < 4.78 is 21.7. The molecule has 0 radical (unpaired) electrons. The molecule has 242 valence electrons. The largest absolute Gasteiger partial charge is 0.494 e. The predicted octanol–water partition coefficient (Wildman–Crippen LogP) is 6.73. The Balaban J connectivity index is 1.45.